The average molecular weight is 198 g/mol. The summed E-state index contributed by atoms with van der Waals surface area (Å²) in [6, 6.07) is 0.459. The molecule has 2 unspecified atom stereocenters. The lowest BCUT2D eigenvalue weighted by atomic mass is 9.85. The SMILES string of the molecule is CC1CCCC(NC(C)(C)C(N)=O)C1. The quantitative estimate of drug-likeness (QED) is 0.720. The lowest BCUT2D eigenvalue weighted by molar-refractivity contribution is -0.123. The first-order valence-corrected chi connectivity index (χ1v) is 5.49. The van der Waals surface area contributed by atoms with Crippen molar-refractivity contribution in [2.24, 2.45) is 11.7 Å². The Kier molecular flexibility index (Phi) is 3.53. The van der Waals surface area contributed by atoms with Gasteiger partial charge in [0, 0.05) is 6.04 Å². The molecule has 3 nitrogen and oxygen atoms in total. The molecule has 1 aliphatic carbocycles. The smallest absolute Gasteiger partial charge is 0.237 e. The Morgan fingerprint density at radius 1 is 1.43 bits per heavy atom. The minimum Gasteiger partial charge on any atom is -0.368 e. The molecule has 1 aliphatic rings. The van der Waals surface area contributed by atoms with E-state index in [4.69, 9.17) is 5.73 Å². The standard InChI is InChI=1S/C11H22N2O/c1-8-5-4-6-9(7-8)13-11(2,3)10(12)14/h8-9,13H,4-7H2,1-3H3,(H2,12,14). The maximum atomic E-state index is 11.1. The third-order valence-electron chi connectivity index (χ3n) is 3.12. The van der Waals surface area contributed by atoms with Gasteiger partial charge in [-0.15, -0.1) is 0 Å². The van der Waals surface area contributed by atoms with Crippen molar-refractivity contribution in [3.8, 4) is 0 Å². The van der Waals surface area contributed by atoms with E-state index in [2.05, 4.69) is 12.2 Å². The molecule has 82 valence electrons. The van der Waals surface area contributed by atoms with Crippen LogP contribution in [0, 0.1) is 5.92 Å². The van der Waals surface area contributed by atoms with E-state index < -0.39 is 5.54 Å². The van der Waals surface area contributed by atoms with E-state index >= 15 is 0 Å². The number of carbonyl (C=O) groups is 1. The van der Waals surface area contributed by atoms with E-state index in [9.17, 15) is 4.79 Å². The number of primary amides is 1. The van der Waals surface area contributed by atoms with Crippen LogP contribution in [0.4, 0.5) is 0 Å². The van der Waals surface area contributed by atoms with Crippen molar-refractivity contribution in [1.82, 2.24) is 5.32 Å². The molecule has 0 spiro atoms. The Labute approximate surface area is 86.4 Å². The van der Waals surface area contributed by atoms with Crippen LogP contribution in [0.15, 0.2) is 0 Å². The van der Waals surface area contributed by atoms with E-state index in [-0.39, 0.29) is 5.91 Å². The molecule has 14 heavy (non-hydrogen) atoms. The lowest BCUT2D eigenvalue weighted by Crippen LogP contribution is -2.55. The van der Waals surface area contributed by atoms with Gasteiger partial charge in [0.15, 0.2) is 0 Å². The highest BCUT2D eigenvalue weighted by Crippen LogP contribution is 2.24. The fourth-order valence-electron chi connectivity index (χ4n) is 2.15. The van der Waals surface area contributed by atoms with E-state index in [1.54, 1.807) is 0 Å². The molecular weight excluding hydrogens is 176 g/mol. The van der Waals surface area contributed by atoms with Gasteiger partial charge in [-0.25, -0.2) is 0 Å². The molecule has 0 aliphatic heterocycles. The third kappa shape index (κ3) is 2.98. The predicted molar refractivity (Wildman–Crippen MR) is 57.8 cm³/mol. The van der Waals surface area contributed by atoms with Gasteiger partial charge >= 0.3 is 0 Å². The van der Waals surface area contributed by atoms with Gasteiger partial charge in [-0.2, -0.15) is 0 Å². The Morgan fingerprint density at radius 3 is 2.57 bits per heavy atom. The first-order valence-electron chi connectivity index (χ1n) is 5.49. The van der Waals surface area contributed by atoms with Gasteiger partial charge in [-0.1, -0.05) is 19.8 Å². The highest BCUT2D eigenvalue weighted by atomic mass is 16.1. The number of nitrogens with two attached hydrogens (primary N) is 1. The molecule has 0 saturated heterocycles. The fourth-order valence-corrected chi connectivity index (χ4v) is 2.15. The van der Waals surface area contributed by atoms with Crippen LogP contribution >= 0.6 is 0 Å². The second-order valence-electron chi connectivity index (χ2n) is 5.10. The lowest BCUT2D eigenvalue weighted by Gasteiger charge is -2.33. The Morgan fingerprint density at radius 2 is 2.07 bits per heavy atom. The topological polar surface area (TPSA) is 55.1 Å². The highest BCUT2D eigenvalue weighted by Gasteiger charge is 2.29. The molecule has 0 bridgehead atoms. The normalized spacial score (nSPS) is 28.8. The van der Waals surface area contributed by atoms with Crippen LogP contribution in [0.3, 0.4) is 0 Å². The predicted octanol–water partition coefficient (Wildman–Crippen LogP) is 1.42. The highest BCUT2D eigenvalue weighted by molar-refractivity contribution is 5.83. The zero-order valence-electron chi connectivity index (χ0n) is 9.47. The molecule has 1 saturated carbocycles. The first kappa shape index (κ1) is 11.5. The van der Waals surface area contributed by atoms with Gasteiger partial charge in [0.1, 0.15) is 0 Å². The summed E-state index contributed by atoms with van der Waals surface area (Å²) in [7, 11) is 0. The summed E-state index contributed by atoms with van der Waals surface area (Å²) in [4.78, 5) is 11.1. The van der Waals surface area contributed by atoms with Crippen LogP contribution in [0.25, 0.3) is 0 Å². The number of rotatable bonds is 3. The number of amides is 1. The van der Waals surface area contributed by atoms with Crippen molar-refractivity contribution in [2.75, 3.05) is 0 Å². The molecule has 0 radical (unpaired) electrons. The van der Waals surface area contributed by atoms with Crippen molar-refractivity contribution in [1.29, 1.82) is 0 Å². The molecule has 0 aromatic heterocycles. The molecule has 0 aromatic rings. The van der Waals surface area contributed by atoms with Crippen LogP contribution in [-0.4, -0.2) is 17.5 Å². The van der Waals surface area contributed by atoms with E-state index in [1.807, 2.05) is 13.8 Å². The Hall–Kier alpha value is -0.570. The zero-order valence-corrected chi connectivity index (χ0v) is 9.47. The van der Waals surface area contributed by atoms with Crippen molar-refractivity contribution in [2.45, 2.75) is 58.0 Å². The van der Waals surface area contributed by atoms with Crippen LogP contribution in [0.5, 0.6) is 0 Å². The van der Waals surface area contributed by atoms with Crippen molar-refractivity contribution in [3.63, 3.8) is 0 Å². The molecule has 2 atom stereocenters. The van der Waals surface area contributed by atoms with Crippen LogP contribution in [0.1, 0.15) is 46.5 Å². The van der Waals surface area contributed by atoms with Crippen LogP contribution < -0.4 is 11.1 Å². The molecule has 0 aromatic carbocycles. The summed E-state index contributed by atoms with van der Waals surface area (Å²) < 4.78 is 0. The summed E-state index contributed by atoms with van der Waals surface area (Å²) in [6.07, 6.45) is 4.90. The summed E-state index contributed by atoms with van der Waals surface area (Å²) in [5.41, 5.74) is 4.75. The van der Waals surface area contributed by atoms with Crippen LogP contribution in [0.2, 0.25) is 0 Å². The summed E-state index contributed by atoms with van der Waals surface area (Å²) in [6.45, 7) is 5.98. The van der Waals surface area contributed by atoms with Crippen molar-refractivity contribution in [3.05, 3.63) is 0 Å². The Bertz CT molecular complexity index is 213. The molecule has 1 amide bonds. The van der Waals surface area contributed by atoms with E-state index in [0.29, 0.717) is 6.04 Å². The number of nitrogens with one attached hydrogen (secondary N) is 1. The number of carbonyl (C=O) groups excluding carboxylic acids is 1. The molecule has 0 heterocycles. The van der Waals surface area contributed by atoms with Crippen molar-refractivity contribution < 1.29 is 4.79 Å². The number of hydrogen-bond acceptors (Lipinski definition) is 2. The molecule has 1 rings (SSSR count). The number of hydrogen-bond donors (Lipinski definition) is 2. The summed E-state index contributed by atoms with van der Waals surface area (Å²) >= 11 is 0. The maximum absolute atomic E-state index is 11.1. The molecule has 3 heteroatoms. The fraction of sp³-hybridized carbons (Fsp3) is 0.909. The second-order valence-corrected chi connectivity index (χ2v) is 5.10. The molecule has 3 N–H and O–H groups in total. The average Bonchev–Trinajstić information content (AvgIpc) is 2.02. The van der Waals surface area contributed by atoms with Gasteiger partial charge in [0.25, 0.3) is 0 Å². The largest absolute Gasteiger partial charge is 0.368 e. The summed E-state index contributed by atoms with van der Waals surface area (Å²) in [5.74, 6) is 0.501. The van der Waals surface area contributed by atoms with Gasteiger partial charge < -0.3 is 11.1 Å². The van der Waals surface area contributed by atoms with Gasteiger partial charge in [0.05, 0.1) is 5.54 Å². The van der Waals surface area contributed by atoms with E-state index in [1.165, 1.54) is 19.3 Å². The van der Waals surface area contributed by atoms with Gasteiger partial charge in [-0.3, -0.25) is 4.79 Å². The third-order valence-corrected chi connectivity index (χ3v) is 3.12. The monoisotopic (exact) mass is 198 g/mol. The van der Waals surface area contributed by atoms with E-state index in [0.717, 1.165) is 12.3 Å². The van der Waals surface area contributed by atoms with Gasteiger partial charge in [0.2, 0.25) is 5.91 Å². The summed E-state index contributed by atoms with van der Waals surface area (Å²) in [5, 5.41) is 3.35. The zero-order chi connectivity index (χ0) is 10.8. The van der Waals surface area contributed by atoms with Crippen LogP contribution in [-0.2, 0) is 4.79 Å². The second kappa shape index (κ2) is 4.30. The minimum absolute atomic E-state index is 0.268. The molecule has 1 fully saturated rings. The maximum Gasteiger partial charge on any atom is 0.237 e. The van der Waals surface area contributed by atoms with Gasteiger partial charge in [-0.05, 0) is 32.6 Å². The Balaban J connectivity index is 2.47. The molecular formula is C11H22N2O. The first-order chi connectivity index (χ1) is 6.42. The minimum atomic E-state index is -0.568. The van der Waals surface area contributed by atoms with Crippen molar-refractivity contribution >= 4 is 5.91 Å².